The molecule has 166 valence electrons. The van der Waals surface area contributed by atoms with Crippen molar-refractivity contribution in [2.45, 2.75) is 31.9 Å². The molecule has 2 N–H and O–H groups in total. The third-order valence-electron chi connectivity index (χ3n) is 5.47. The number of halogens is 1. The number of nitrogens with one attached hydrogen (secondary N) is 1. The van der Waals surface area contributed by atoms with Gasteiger partial charge in [0.1, 0.15) is 12.1 Å². The van der Waals surface area contributed by atoms with Gasteiger partial charge in [0, 0.05) is 25.2 Å². The van der Waals surface area contributed by atoms with Gasteiger partial charge in [0.25, 0.3) is 5.91 Å². The first kappa shape index (κ1) is 21.7. The van der Waals surface area contributed by atoms with Crippen molar-refractivity contribution in [1.82, 2.24) is 15.2 Å². The normalized spacial score (nSPS) is 14.4. The second-order valence-electron chi connectivity index (χ2n) is 7.80. The fraction of sp³-hybridized carbons (Fsp3) is 0.292. The molecule has 0 aliphatic carbocycles. The predicted molar refractivity (Wildman–Crippen MR) is 115 cm³/mol. The van der Waals surface area contributed by atoms with Gasteiger partial charge in [-0.05, 0) is 42.2 Å². The molecule has 2 heterocycles. The number of carbonyl (C=O) groups is 2. The van der Waals surface area contributed by atoms with Crippen molar-refractivity contribution in [1.29, 1.82) is 0 Å². The number of hydrogen-bond acceptors (Lipinski definition) is 5. The van der Waals surface area contributed by atoms with Crippen LogP contribution < -0.4 is 5.32 Å². The highest BCUT2D eigenvalue weighted by Gasteiger charge is 2.24. The van der Waals surface area contributed by atoms with Gasteiger partial charge < -0.3 is 19.7 Å². The standard InChI is InChI=1S/C24H24FN3O4/c25-20-4-2-1-3-18(20)13-22(30)26-14-16-5-7-17(8-6-16)23-27-21(15-32-23)24(31)28-11-9-19(29)10-12-28/h1-8,15,19,29H,9-14H2,(H,26,30). The van der Waals surface area contributed by atoms with Gasteiger partial charge in [-0.25, -0.2) is 9.37 Å². The van der Waals surface area contributed by atoms with Crippen LogP contribution in [0.3, 0.4) is 0 Å². The SMILES string of the molecule is O=C(Cc1ccccc1F)NCc1ccc(-c2nc(C(=O)N3CCC(O)CC3)co2)cc1. The number of piperidine rings is 1. The van der Waals surface area contributed by atoms with E-state index in [0.29, 0.717) is 49.5 Å². The Morgan fingerprint density at radius 2 is 1.84 bits per heavy atom. The van der Waals surface area contributed by atoms with Crippen molar-refractivity contribution >= 4 is 11.8 Å². The Bertz CT molecular complexity index is 1090. The van der Waals surface area contributed by atoms with E-state index >= 15 is 0 Å². The molecule has 1 aliphatic rings. The third-order valence-corrected chi connectivity index (χ3v) is 5.47. The fourth-order valence-electron chi connectivity index (χ4n) is 3.58. The highest BCUT2D eigenvalue weighted by atomic mass is 19.1. The number of aliphatic hydroxyl groups is 1. The molecule has 3 aromatic rings. The molecule has 0 bridgehead atoms. The van der Waals surface area contributed by atoms with E-state index in [-0.39, 0.29) is 30.0 Å². The number of likely N-dealkylation sites (tertiary alicyclic amines) is 1. The maximum atomic E-state index is 13.7. The average Bonchev–Trinajstić information content (AvgIpc) is 3.30. The molecule has 0 radical (unpaired) electrons. The predicted octanol–water partition coefficient (Wildman–Crippen LogP) is 2.94. The average molecular weight is 437 g/mol. The third kappa shape index (κ3) is 5.20. The number of rotatable bonds is 6. The van der Waals surface area contributed by atoms with E-state index in [1.165, 1.54) is 12.3 Å². The van der Waals surface area contributed by atoms with Crippen LogP contribution in [0.2, 0.25) is 0 Å². The number of nitrogens with zero attached hydrogens (tertiary/aromatic N) is 2. The van der Waals surface area contributed by atoms with Crippen molar-refractivity contribution in [3.05, 3.63) is 77.4 Å². The van der Waals surface area contributed by atoms with Crippen LogP contribution in [-0.4, -0.2) is 46.0 Å². The minimum absolute atomic E-state index is 0.0200. The zero-order chi connectivity index (χ0) is 22.5. The van der Waals surface area contributed by atoms with Gasteiger partial charge in [0.2, 0.25) is 11.8 Å². The van der Waals surface area contributed by atoms with Crippen LogP contribution in [0.15, 0.2) is 59.2 Å². The van der Waals surface area contributed by atoms with Crippen molar-refractivity contribution in [2.75, 3.05) is 13.1 Å². The molecule has 0 saturated carbocycles. The van der Waals surface area contributed by atoms with E-state index in [0.717, 1.165) is 5.56 Å². The van der Waals surface area contributed by atoms with Crippen LogP contribution >= 0.6 is 0 Å². The molecule has 2 aromatic carbocycles. The Kier molecular flexibility index (Phi) is 6.61. The van der Waals surface area contributed by atoms with Gasteiger partial charge in [-0.15, -0.1) is 0 Å². The number of benzene rings is 2. The molecule has 1 aromatic heterocycles. The second-order valence-corrected chi connectivity index (χ2v) is 7.80. The molecular weight excluding hydrogens is 413 g/mol. The lowest BCUT2D eigenvalue weighted by Crippen LogP contribution is -2.40. The summed E-state index contributed by atoms with van der Waals surface area (Å²) in [6.45, 7) is 1.31. The first-order valence-corrected chi connectivity index (χ1v) is 10.5. The number of aliphatic hydroxyl groups excluding tert-OH is 1. The highest BCUT2D eigenvalue weighted by molar-refractivity contribution is 5.92. The first-order valence-electron chi connectivity index (χ1n) is 10.5. The van der Waals surface area contributed by atoms with Crippen molar-refractivity contribution < 1.29 is 23.5 Å². The summed E-state index contributed by atoms with van der Waals surface area (Å²) in [5.74, 6) is -0.532. The number of aromatic nitrogens is 1. The van der Waals surface area contributed by atoms with E-state index in [2.05, 4.69) is 10.3 Å². The maximum absolute atomic E-state index is 13.7. The first-order chi connectivity index (χ1) is 15.5. The minimum atomic E-state index is -0.395. The summed E-state index contributed by atoms with van der Waals surface area (Å²) in [4.78, 5) is 30.6. The number of oxazole rings is 1. The van der Waals surface area contributed by atoms with Crippen LogP contribution in [0.25, 0.3) is 11.5 Å². The molecule has 1 fully saturated rings. The molecule has 4 rings (SSSR count). The molecule has 1 saturated heterocycles. The molecule has 2 amide bonds. The summed E-state index contributed by atoms with van der Waals surface area (Å²) in [5.41, 5.74) is 2.17. The summed E-state index contributed by atoms with van der Waals surface area (Å²) in [7, 11) is 0. The van der Waals surface area contributed by atoms with Gasteiger partial charge in [-0.2, -0.15) is 0 Å². The van der Waals surface area contributed by atoms with Crippen LogP contribution in [0.4, 0.5) is 4.39 Å². The Morgan fingerprint density at radius 3 is 2.56 bits per heavy atom. The van der Waals surface area contributed by atoms with Gasteiger partial charge in [-0.1, -0.05) is 30.3 Å². The molecule has 0 atom stereocenters. The van der Waals surface area contributed by atoms with Crippen molar-refractivity contribution in [3.63, 3.8) is 0 Å². The van der Waals surface area contributed by atoms with Gasteiger partial charge in [-0.3, -0.25) is 9.59 Å². The van der Waals surface area contributed by atoms with Gasteiger partial charge in [0.15, 0.2) is 5.69 Å². The van der Waals surface area contributed by atoms with Gasteiger partial charge >= 0.3 is 0 Å². The lowest BCUT2D eigenvalue weighted by atomic mass is 10.1. The molecule has 0 spiro atoms. The van der Waals surface area contributed by atoms with E-state index in [9.17, 15) is 19.1 Å². The topological polar surface area (TPSA) is 95.7 Å². The molecular formula is C24H24FN3O4. The number of hydrogen-bond donors (Lipinski definition) is 2. The van der Waals surface area contributed by atoms with Crippen molar-refractivity contribution in [2.24, 2.45) is 0 Å². The fourth-order valence-corrected chi connectivity index (χ4v) is 3.58. The molecule has 7 nitrogen and oxygen atoms in total. The van der Waals surface area contributed by atoms with Gasteiger partial charge in [0.05, 0.1) is 12.5 Å². The zero-order valence-corrected chi connectivity index (χ0v) is 17.5. The second kappa shape index (κ2) is 9.74. The highest BCUT2D eigenvalue weighted by Crippen LogP contribution is 2.21. The Morgan fingerprint density at radius 1 is 1.12 bits per heavy atom. The summed E-state index contributed by atoms with van der Waals surface area (Å²) < 4.78 is 19.1. The van der Waals surface area contributed by atoms with Crippen LogP contribution in [0.5, 0.6) is 0 Å². The van der Waals surface area contributed by atoms with E-state index in [4.69, 9.17) is 4.42 Å². The molecule has 1 aliphatic heterocycles. The molecule has 8 heteroatoms. The Balaban J connectivity index is 1.32. The monoisotopic (exact) mass is 437 g/mol. The lowest BCUT2D eigenvalue weighted by molar-refractivity contribution is -0.120. The molecule has 32 heavy (non-hydrogen) atoms. The zero-order valence-electron chi connectivity index (χ0n) is 17.5. The molecule has 0 unspecified atom stereocenters. The van der Waals surface area contributed by atoms with E-state index in [1.54, 1.807) is 35.2 Å². The summed E-state index contributed by atoms with van der Waals surface area (Å²) in [6.07, 6.45) is 2.10. The van der Waals surface area contributed by atoms with Crippen LogP contribution in [0.1, 0.15) is 34.5 Å². The number of carbonyl (C=O) groups excluding carboxylic acids is 2. The Labute approximate surface area is 184 Å². The van der Waals surface area contributed by atoms with Crippen LogP contribution in [-0.2, 0) is 17.8 Å². The maximum Gasteiger partial charge on any atom is 0.275 e. The summed E-state index contributed by atoms with van der Waals surface area (Å²) in [5, 5.41) is 12.4. The number of amides is 2. The summed E-state index contributed by atoms with van der Waals surface area (Å²) in [6, 6.07) is 13.5. The largest absolute Gasteiger partial charge is 0.444 e. The minimum Gasteiger partial charge on any atom is -0.444 e. The lowest BCUT2D eigenvalue weighted by Gasteiger charge is -2.28. The summed E-state index contributed by atoms with van der Waals surface area (Å²) >= 11 is 0. The van der Waals surface area contributed by atoms with E-state index in [1.807, 2.05) is 12.1 Å². The van der Waals surface area contributed by atoms with Crippen LogP contribution in [0, 0.1) is 5.82 Å². The van der Waals surface area contributed by atoms with E-state index < -0.39 is 5.82 Å². The Hall–Kier alpha value is -3.52. The smallest absolute Gasteiger partial charge is 0.275 e. The van der Waals surface area contributed by atoms with Crippen molar-refractivity contribution in [3.8, 4) is 11.5 Å². The quantitative estimate of drug-likeness (QED) is 0.618.